The normalized spacial score (nSPS) is 39.5. The quantitative estimate of drug-likeness (QED) is 0.616. The Kier molecular flexibility index (Phi) is 4.22. The highest BCUT2D eigenvalue weighted by Gasteiger charge is 2.62. The van der Waals surface area contributed by atoms with Crippen LogP contribution in [0.25, 0.3) is 0 Å². The van der Waals surface area contributed by atoms with Crippen LogP contribution in [0.5, 0.6) is 0 Å². The molecule has 0 aromatic heterocycles. The Bertz CT molecular complexity index is 444. The predicted molar refractivity (Wildman–Crippen MR) is 69.9 cm³/mol. The van der Waals surface area contributed by atoms with Crippen molar-refractivity contribution in [3.8, 4) is 0 Å². The van der Waals surface area contributed by atoms with Crippen LogP contribution in [0.15, 0.2) is 4.99 Å². The molecule has 2 rings (SSSR count). The number of aliphatic hydroxyl groups is 3. The van der Waals surface area contributed by atoms with Gasteiger partial charge in [0, 0.05) is 14.1 Å². The van der Waals surface area contributed by atoms with E-state index < -0.39 is 41.6 Å². The molecule has 122 valence electrons. The van der Waals surface area contributed by atoms with Crippen molar-refractivity contribution in [3.63, 3.8) is 0 Å². The van der Waals surface area contributed by atoms with Crippen LogP contribution in [0.3, 0.4) is 0 Å². The number of amidine groups is 1. The van der Waals surface area contributed by atoms with Gasteiger partial charge in [-0.25, -0.2) is 0 Å². The molecule has 5 unspecified atom stereocenters. The van der Waals surface area contributed by atoms with Gasteiger partial charge in [-0.3, -0.25) is 4.99 Å². The smallest absolute Gasteiger partial charge is 0.388 e. The minimum atomic E-state index is -5.00. The number of fused-ring (bicyclic) bond motifs is 1. The second-order valence-electron chi connectivity index (χ2n) is 5.47. The molecule has 0 saturated carbocycles. The lowest BCUT2D eigenvalue weighted by Crippen LogP contribution is -2.66. The van der Waals surface area contributed by atoms with Gasteiger partial charge in [0.25, 0.3) is 0 Å². The summed E-state index contributed by atoms with van der Waals surface area (Å²) in [6.45, 7) is 0.515. The number of aliphatic hydroxyl groups excluding tert-OH is 2. The zero-order valence-corrected chi connectivity index (χ0v) is 12.4. The second kappa shape index (κ2) is 5.27. The van der Waals surface area contributed by atoms with Crippen molar-refractivity contribution in [1.29, 1.82) is 0 Å². The van der Waals surface area contributed by atoms with Gasteiger partial charge < -0.3 is 25.0 Å². The van der Waals surface area contributed by atoms with Crippen LogP contribution in [0, 0.1) is 0 Å². The van der Waals surface area contributed by atoms with Crippen LogP contribution < -0.4 is 0 Å². The van der Waals surface area contributed by atoms with E-state index in [1.165, 1.54) is 0 Å². The number of nitrogens with zero attached hydrogens (tertiary/aromatic N) is 2. The van der Waals surface area contributed by atoms with E-state index in [0.29, 0.717) is 12.1 Å². The van der Waals surface area contributed by atoms with Crippen molar-refractivity contribution in [1.82, 2.24) is 4.90 Å². The molecule has 6 atom stereocenters. The molecule has 2 heterocycles. The third kappa shape index (κ3) is 2.74. The van der Waals surface area contributed by atoms with Crippen molar-refractivity contribution in [3.05, 3.63) is 0 Å². The lowest BCUT2D eigenvalue weighted by molar-refractivity contribution is -0.317. The molecule has 1 fully saturated rings. The Labute approximate surface area is 123 Å². The fourth-order valence-electron chi connectivity index (χ4n) is 2.19. The zero-order valence-electron chi connectivity index (χ0n) is 11.6. The average Bonchev–Trinajstić information content (AvgIpc) is 2.76. The molecule has 0 bridgehead atoms. The van der Waals surface area contributed by atoms with E-state index in [9.17, 15) is 28.5 Å². The lowest BCUT2D eigenvalue weighted by Gasteiger charge is -2.44. The first-order chi connectivity index (χ1) is 9.46. The Morgan fingerprint density at radius 2 is 1.81 bits per heavy atom. The topological polar surface area (TPSA) is 85.5 Å². The van der Waals surface area contributed by atoms with Gasteiger partial charge in [-0.1, -0.05) is 11.8 Å². The molecule has 10 heteroatoms. The maximum absolute atomic E-state index is 12.9. The number of ether oxygens (including phenoxy) is 1. The van der Waals surface area contributed by atoms with Crippen molar-refractivity contribution in [2.75, 3.05) is 14.1 Å². The Morgan fingerprint density at radius 3 is 2.29 bits per heavy atom. The summed E-state index contributed by atoms with van der Waals surface area (Å²) >= 11 is 1.04. The summed E-state index contributed by atoms with van der Waals surface area (Å²) in [5.74, 6) is 0. The van der Waals surface area contributed by atoms with Crippen LogP contribution in [-0.2, 0) is 4.74 Å². The standard InChI is InChI=1S/C11H17F3N2O4S/c1-10(19,11(12,13)14)7-6(18)5(17)4-8(20-7)21-9(15-4)16(2)3/h4-8,17-19H,1-3H3/t4?,5?,6?,7?,8?,10-/m0/s1. The molecule has 6 nitrogen and oxygen atoms in total. The first kappa shape index (κ1) is 16.8. The molecule has 21 heavy (non-hydrogen) atoms. The molecule has 0 spiro atoms. The SMILES string of the molecule is CN(C)C1=NC2C(OC([C@](C)(O)C(F)(F)F)C(O)C2O)S1. The molecule has 1 saturated heterocycles. The summed E-state index contributed by atoms with van der Waals surface area (Å²) in [6, 6.07) is -0.873. The Hall–Kier alpha value is -0.550. The van der Waals surface area contributed by atoms with Crippen LogP contribution in [0.1, 0.15) is 6.92 Å². The highest BCUT2D eigenvalue weighted by molar-refractivity contribution is 8.14. The van der Waals surface area contributed by atoms with Gasteiger partial charge in [-0.15, -0.1) is 0 Å². The minimum absolute atomic E-state index is 0.476. The highest BCUT2D eigenvalue weighted by atomic mass is 32.2. The van der Waals surface area contributed by atoms with E-state index in [2.05, 4.69) is 4.99 Å². The van der Waals surface area contributed by atoms with E-state index in [4.69, 9.17) is 4.74 Å². The van der Waals surface area contributed by atoms with Crippen LogP contribution >= 0.6 is 11.8 Å². The van der Waals surface area contributed by atoms with Crippen LogP contribution in [0.2, 0.25) is 0 Å². The maximum Gasteiger partial charge on any atom is 0.419 e. The summed E-state index contributed by atoms with van der Waals surface area (Å²) in [5, 5.41) is 30.0. The summed E-state index contributed by atoms with van der Waals surface area (Å²) < 4.78 is 43.9. The third-order valence-corrected chi connectivity index (χ3v) is 4.86. The average molecular weight is 330 g/mol. The maximum atomic E-state index is 12.9. The Morgan fingerprint density at radius 1 is 1.24 bits per heavy atom. The zero-order chi connectivity index (χ0) is 16.2. The number of hydrogen-bond acceptors (Lipinski definition) is 7. The van der Waals surface area contributed by atoms with Crippen LogP contribution in [0.4, 0.5) is 13.2 Å². The molecular formula is C11H17F3N2O4S. The fraction of sp³-hybridized carbons (Fsp3) is 0.909. The number of aliphatic imine (C=N–C) groups is 1. The third-order valence-electron chi connectivity index (χ3n) is 3.56. The number of halogens is 3. The molecule has 2 aliphatic heterocycles. The number of thioether (sulfide) groups is 1. The largest absolute Gasteiger partial charge is 0.419 e. The van der Waals surface area contributed by atoms with Crippen molar-refractivity contribution >= 4 is 16.9 Å². The van der Waals surface area contributed by atoms with E-state index in [1.807, 2.05) is 0 Å². The van der Waals surface area contributed by atoms with Gasteiger partial charge >= 0.3 is 6.18 Å². The van der Waals surface area contributed by atoms with Gasteiger partial charge in [0.15, 0.2) is 10.8 Å². The first-order valence-corrected chi connectivity index (χ1v) is 7.07. The Balaban J connectivity index is 2.25. The highest BCUT2D eigenvalue weighted by Crippen LogP contribution is 2.43. The van der Waals surface area contributed by atoms with E-state index in [1.54, 1.807) is 19.0 Å². The van der Waals surface area contributed by atoms with Crippen molar-refractivity contribution in [2.24, 2.45) is 4.99 Å². The lowest BCUT2D eigenvalue weighted by atomic mass is 9.87. The van der Waals surface area contributed by atoms with Gasteiger partial charge in [0.05, 0.1) is 0 Å². The van der Waals surface area contributed by atoms with Gasteiger partial charge in [0.1, 0.15) is 29.8 Å². The molecule has 0 amide bonds. The van der Waals surface area contributed by atoms with E-state index in [0.717, 1.165) is 11.8 Å². The monoisotopic (exact) mass is 330 g/mol. The predicted octanol–water partition coefficient (Wildman–Crippen LogP) is -0.221. The van der Waals surface area contributed by atoms with Gasteiger partial charge in [-0.05, 0) is 6.92 Å². The summed E-state index contributed by atoms with van der Waals surface area (Å²) in [6.07, 6.45) is -10.4. The molecule has 0 radical (unpaired) electrons. The van der Waals surface area contributed by atoms with Gasteiger partial charge in [0.2, 0.25) is 0 Å². The van der Waals surface area contributed by atoms with Crippen molar-refractivity contribution in [2.45, 2.75) is 48.5 Å². The summed E-state index contributed by atoms with van der Waals surface area (Å²) in [7, 11) is 3.38. The number of rotatable bonds is 1. The number of alkyl halides is 3. The number of hydrogen-bond donors (Lipinski definition) is 3. The molecule has 2 aliphatic rings. The van der Waals surface area contributed by atoms with Crippen molar-refractivity contribution < 1.29 is 33.2 Å². The second-order valence-corrected chi connectivity index (χ2v) is 6.53. The molecule has 3 N–H and O–H groups in total. The van der Waals surface area contributed by atoms with E-state index in [-0.39, 0.29) is 0 Å². The summed E-state index contributed by atoms with van der Waals surface area (Å²) in [5.41, 5.74) is -4.17. The van der Waals surface area contributed by atoms with E-state index >= 15 is 0 Å². The molecule has 0 aliphatic carbocycles. The molecular weight excluding hydrogens is 313 g/mol. The fourth-order valence-corrected chi connectivity index (χ4v) is 3.33. The molecule has 0 aromatic carbocycles. The van der Waals surface area contributed by atoms with Gasteiger partial charge in [-0.2, -0.15) is 13.2 Å². The van der Waals surface area contributed by atoms with Crippen LogP contribution in [-0.4, -0.2) is 81.0 Å². The first-order valence-electron chi connectivity index (χ1n) is 6.19. The minimum Gasteiger partial charge on any atom is -0.388 e. The summed E-state index contributed by atoms with van der Waals surface area (Å²) in [4.78, 5) is 5.75. The molecule has 0 aromatic rings.